The fraction of sp³-hybridized carbons (Fsp3) is 0.500. The summed E-state index contributed by atoms with van der Waals surface area (Å²) in [6, 6.07) is 0. The van der Waals surface area contributed by atoms with Crippen molar-refractivity contribution in [3.63, 3.8) is 0 Å². The minimum atomic E-state index is -2.30. The summed E-state index contributed by atoms with van der Waals surface area (Å²) in [7, 11) is -2.30. The van der Waals surface area contributed by atoms with Gasteiger partial charge >= 0.3 is 20.5 Å². The highest BCUT2D eigenvalue weighted by molar-refractivity contribution is 6.64. The standard InChI is InChI=1S/C12H20O6Si/c1-5-11(13)15-7-9-17-19(3,4)18-10-8-16-12(14)6-2/h5-6H,1-2,7-10H2,3-4H3. The Morgan fingerprint density at radius 3 is 1.58 bits per heavy atom. The first kappa shape index (κ1) is 17.6. The monoisotopic (exact) mass is 288 g/mol. The lowest BCUT2D eigenvalue weighted by atomic mass is 10.6. The second kappa shape index (κ2) is 9.48. The summed E-state index contributed by atoms with van der Waals surface area (Å²) in [6.45, 7) is 11.1. The first-order chi connectivity index (χ1) is 8.91. The summed E-state index contributed by atoms with van der Waals surface area (Å²) < 4.78 is 20.5. The van der Waals surface area contributed by atoms with Crippen LogP contribution in [-0.4, -0.2) is 46.9 Å². The van der Waals surface area contributed by atoms with Crippen molar-refractivity contribution in [2.24, 2.45) is 0 Å². The van der Waals surface area contributed by atoms with Crippen molar-refractivity contribution in [3.05, 3.63) is 25.3 Å². The van der Waals surface area contributed by atoms with E-state index in [2.05, 4.69) is 13.2 Å². The first-order valence-electron chi connectivity index (χ1n) is 5.77. The highest BCUT2D eigenvalue weighted by Crippen LogP contribution is 2.06. The van der Waals surface area contributed by atoms with E-state index in [4.69, 9.17) is 18.3 Å². The summed E-state index contributed by atoms with van der Waals surface area (Å²) in [6.07, 6.45) is 2.18. The predicted octanol–water partition coefficient (Wildman–Crippen LogP) is 1.18. The van der Waals surface area contributed by atoms with Crippen LogP contribution < -0.4 is 0 Å². The Labute approximate surface area is 114 Å². The summed E-state index contributed by atoms with van der Waals surface area (Å²) >= 11 is 0. The molecular formula is C12H20O6Si. The van der Waals surface area contributed by atoms with Gasteiger partial charge in [0.1, 0.15) is 13.2 Å². The topological polar surface area (TPSA) is 71.1 Å². The maximum Gasteiger partial charge on any atom is 0.331 e. The van der Waals surface area contributed by atoms with Crippen LogP contribution in [-0.2, 0) is 27.9 Å². The Balaban J connectivity index is 3.67. The predicted molar refractivity (Wildman–Crippen MR) is 71.7 cm³/mol. The average molecular weight is 288 g/mol. The van der Waals surface area contributed by atoms with E-state index in [-0.39, 0.29) is 26.4 Å². The smallest absolute Gasteiger partial charge is 0.331 e. The molecule has 0 amide bonds. The molecule has 0 saturated carbocycles. The fourth-order valence-electron chi connectivity index (χ4n) is 1.02. The van der Waals surface area contributed by atoms with Gasteiger partial charge in [0.25, 0.3) is 0 Å². The molecule has 0 N–H and O–H groups in total. The molecule has 0 heterocycles. The van der Waals surface area contributed by atoms with Gasteiger partial charge in [-0.3, -0.25) is 0 Å². The number of esters is 2. The molecule has 0 aliphatic carbocycles. The van der Waals surface area contributed by atoms with E-state index in [1.54, 1.807) is 0 Å². The van der Waals surface area contributed by atoms with Crippen molar-refractivity contribution < 1.29 is 27.9 Å². The molecule has 0 atom stereocenters. The summed E-state index contributed by atoms with van der Waals surface area (Å²) in [5, 5.41) is 0. The van der Waals surface area contributed by atoms with Gasteiger partial charge in [-0.1, -0.05) is 13.2 Å². The summed E-state index contributed by atoms with van der Waals surface area (Å²) in [5.74, 6) is -0.972. The van der Waals surface area contributed by atoms with Crippen LogP contribution in [0.25, 0.3) is 0 Å². The molecule has 7 heteroatoms. The van der Waals surface area contributed by atoms with Gasteiger partial charge in [-0.05, 0) is 13.1 Å². The molecule has 0 aromatic heterocycles. The molecule has 0 aromatic rings. The molecule has 19 heavy (non-hydrogen) atoms. The van der Waals surface area contributed by atoms with Gasteiger partial charge in [0.2, 0.25) is 0 Å². The third-order valence-corrected chi connectivity index (χ3v) is 3.69. The largest absolute Gasteiger partial charge is 0.460 e. The Morgan fingerprint density at radius 2 is 1.26 bits per heavy atom. The molecule has 108 valence electrons. The summed E-state index contributed by atoms with van der Waals surface area (Å²) in [5.41, 5.74) is 0. The van der Waals surface area contributed by atoms with E-state index in [1.165, 1.54) is 0 Å². The molecule has 0 saturated heterocycles. The molecule has 0 rings (SSSR count). The van der Waals surface area contributed by atoms with Crippen LogP contribution in [0.4, 0.5) is 0 Å². The van der Waals surface area contributed by atoms with E-state index in [0.29, 0.717) is 0 Å². The molecule has 0 aromatic carbocycles. The normalized spacial score (nSPS) is 10.6. The molecule has 0 aliphatic rings. The van der Waals surface area contributed by atoms with Crippen molar-refractivity contribution in [1.82, 2.24) is 0 Å². The van der Waals surface area contributed by atoms with Crippen LogP contribution in [0.2, 0.25) is 13.1 Å². The SMILES string of the molecule is C=CC(=O)OCCO[Si](C)(C)OCCOC(=O)C=C. The van der Waals surface area contributed by atoms with Gasteiger partial charge in [-0.2, -0.15) is 0 Å². The zero-order chi connectivity index (χ0) is 14.7. The number of hydrogen-bond acceptors (Lipinski definition) is 6. The lowest BCUT2D eigenvalue weighted by molar-refractivity contribution is -0.139. The van der Waals surface area contributed by atoms with Crippen molar-refractivity contribution in [1.29, 1.82) is 0 Å². The van der Waals surface area contributed by atoms with E-state index in [1.807, 2.05) is 13.1 Å². The maximum absolute atomic E-state index is 10.8. The third kappa shape index (κ3) is 10.2. The van der Waals surface area contributed by atoms with E-state index in [9.17, 15) is 9.59 Å². The molecule has 0 fully saturated rings. The molecule has 0 aliphatic heterocycles. The third-order valence-electron chi connectivity index (χ3n) is 1.89. The fourth-order valence-corrected chi connectivity index (χ4v) is 2.25. The second-order valence-corrected chi connectivity index (χ2v) is 7.22. The van der Waals surface area contributed by atoms with Gasteiger partial charge in [-0.15, -0.1) is 0 Å². The highest BCUT2D eigenvalue weighted by atomic mass is 28.4. The maximum atomic E-state index is 10.8. The summed E-state index contributed by atoms with van der Waals surface area (Å²) in [4.78, 5) is 21.5. The van der Waals surface area contributed by atoms with Crippen LogP contribution in [0.3, 0.4) is 0 Å². The minimum Gasteiger partial charge on any atom is -0.460 e. The highest BCUT2D eigenvalue weighted by Gasteiger charge is 2.24. The second-order valence-electron chi connectivity index (χ2n) is 3.84. The van der Waals surface area contributed by atoms with Crippen LogP contribution in [0, 0.1) is 0 Å². The lowest BCUT2D eigenvalue weighted by Crippen LogP contribution is -2.37. The average Bonchev–Trinajstić information content (AvgIpc) is 2.39. The zero-order valence-electron chi connectivity index (χ0n) is 11.3. The van der Waals surface area contributed by atoms with Crippen LogP contribution in [0.15, 0.2) is 25.3 Å². The zero-order valence-corrected chi connectivity index (χ0v) is 12.3. The molecular weight excluding hydrogens is 268 g/mol. The molecule has 0 unspecified atom stereocenters. The van der Waals surface area contributed by atoms with E-state index in [0.717, 1.165) is 12.2 Å². The van der Waals surface area contributed by atoms with Gasteiger partial charge < -0.3 is 18.3 Å². The first-order valence-corrected chi connectivity index (χ1v) is 8.59. The van der Waals surface area contributed by atoms with Crippen LogP contribution in [0.5, 0.6) is 0 Å². The number of hydrogen-bond donors (Lipinski definition) is 0. The molecule has 0 radical (unpaired) electrons. The van der Waals surface area contributed by atoms with Gasteiger partial charge in [0.15, 0.2) is 0 Å². The Kier molecular flexibility index (Phi) is 8.76. The minimum absolute atomic E-state index is 0.149. The van der Waals surface area contributed by atoms with Gasteiger partial charge in [0, 0.05) is 12.2 Å². The Morgan fingerprint density at radius 1 is 0.895 bits per heavy atom. The quantitative estimate of drug-likeness (QED) is 0.260. The van der Waals surface area contributed by atoms with Gasteiger partial charge in [0.05, 0.1) is 13.2 Å². The van der Waals surface area contributed by atoms with E-state index >= 15 is 0 Å². The van der Waals surface area contributed by atoms with Crippen LogP contribution >= 0.6 is 0 Å². The molecule has 0 bridgehead atoms. The van der Waals surface area contributed by atoms with Crippen molar-refractivity contribution >= 4 is 20.5 Å². The number of ether oxygens (including phenoxy) is 2. The van der Waals surface area contributed by atoms with E-state index < -0.39 is 20.5 Å². The number of carbonyl (C=O) groups is 2. The van der Waals surface area contributed by atoms with Crippen molar-refractivity contribution in [3.8, 4) is 0 Å². The Hall–Kier alpha value is -1.44. The van der Waals surface area contributed by atoms with Gasteiger partial charge in [-0.25, -0.2) is 9.59 Å². The lowest BCUT2D eigenvalue weighted by Gasteiger charge is -2.22. The van der Waals surface area contributed by atoms with Crippen molar-refractivity contribution in [2.45, 2.75) is 13.1 Å². The number of rotatable bonds is 10. The number of carbonyl (C=O) groups excluding carboxylic acids is 2. The molecule has 0 spiro atoms. The Bertz CT molecular complexity index is 296. The van der Waals surface area contributed by atoms with Crippen molar-refractivity contribution in [2.75, 3.05) is 26.4 Å². The molecule has 6 nitrogen and oxygen atoms in total. The van der Waals surface area contributed by atoms with Crippen LogP contribution in [0.1, 0.15) is 0 Å².